The van der Waals surface area contributed by atoms with E-state index in [1.54, 1.807) is 12.1 Å². The first kappa shape index (κ1) is 18.8. The average molecular weight is 386 g/mol. The first-order valence-electron chi connectivity index (χ1n) is 8.35. The zero-order valence-corrected chi connectivity index (χ0v) is 15.1. The molecule has 138 valence electrons. The van der Waals surface area contributed by atoms with Gasteiger partial charge in [-0.2, -0.15) is 0 Å². The first-order valence-corrected chi connectivity index (χ1v) is 8.73. The van der Waals surface area contributed by atoms with Gasteiger partial charge in [-0.3, -0.25) is 4.79 Å². The first-order chi connectivity index (χ1) is 13.1. The monoisotopic (exact) mass is 385 g/mol. The third-order valence-corrected chi connectivity index (χ3v) is 4.14. The zero-order valence-electron chi connectivity index (χ0n) is 14.4. The molecule has 0 aliphatic carbocycles. The van der Waals surface area contributed by atoms with Gasteiger partial charge in [-0.15, -0.1) is 10.2 Å². The Labute approximate surface area is 161 Å². The summed E-state index contributed by atoms with van der Waals surface area (Å²) in [6.07, 6.45) is -0.128. The zero-order chi connectivity index (χ0) is 19.1. The second kappa shape index (κ2) is 9.09. The van der Waals surface area contributed by atoms with Crippen molar-refractivity contribution in [1.82, 2.24) is 15.5 Å². The lowest BCUT2D eigenvalue weighted by molar-refractivity contribution is -0.120. The maximum absolute atomic E-state index is 13.7. The van der Waals surface area contributed by atoms with Crippen LogP contribution in [0.2, 0.25) is 5.02 Å². The van der Waals surface area contributed by atoms with Crippen LogP contribution in [-0.2, 0) is 11.2 Å². The molecule has 3 rings (SSSR count). The molecule has 0 aliphatic heterocycles. The van der Waals surface area contributed by atoms with Crippen LogP contribution >= 0.6 is 11.6 Å². The number of carbonyl (C=O) groups excluding carboxylic acids is 1. The SMILES string of the molecule is O=C(Cc1c(F)cccc1Cl)NCCOc1ccc(-c2ccccc2)nn1. The van der Waals surface area contributed by atoms with Crippen molar-refractivity contribution in [3.8, 4) is 17.1 Å². The van der Waals surface area contributed by atoms with Gasteiger partial charge in [0.05, 0.1) is 18.7 Å². The molecule has 0 fully saturated rings. The summed E-state index contributed by atoms with van der Waals surface area (Å²) in [5.74, 6) is -0.472. The highest BCUT2D eigenvalue weighted by molar-refractivity contribution is 6.31. The number of hydrogen-bond acceptors (Lipinski definition) is 4. The number of halogens is 2. The lowest BCUT2D eigenvalue weighted by Gasteiger charge is -2.08. The lowest BCUT2D eigenvalue weighted by atomic mass is 10.1. The van der Waals surface area contributed by atoms with E-state index in [0.717, 1.165) is 11.3 Å². The molecule has 0 spiro atoms. The third-order valence-electron chi connectivity index (χ3n) is 3.78. The predicted octanol–water partition coefficient (Wildman–Crippen LogP) is 3.67. The number of hydrogen-bond donors (Lipinski definition) is 1. The Morgan fingerprint density at radius 3 is 2.56 bits per heavy atom. The van der Waals surface area contributed by atoms with E-state index in [0.29, 0.717) is 5.88 Å². The minimum atomic E-state index is -0.498. The molecule has 1 amide bonds. The Kier molecular flexibility index (Phi) is 6.33. The number of amides is 1. The van der Waals surface area contributed by atoms with Crippen LogP contribution in [0.15, 0.2) is 60.7 Å². The van der Waals surface area contributed by atoms with Crippen LogP contribution in [-0.4, -0.2) is 29.3 Å². The molecule has 27 heavy (non-hydrogen) atoms. The Hall–Kier alpha value is -2.99. The number of nitrogens with zero attached hydrogens (tertiary/aromatic N) is 2. The third kappa shape index (κ3) is 5.24. The predicted molar refractivity (Wildman–Crippen MR) is 101 cm³/mol. The molecule has 5 nitrogen and oxygen atoms in total. The van der Waals surface area contributed by atoms with Gasteiger partial charge in [-0.05, 0) is 18.2 Å². The van der Waals surface area contributed by atoms with E-state index in [4.69, 9.17) is 16.3 Å². The molecule has 0 saturated heterocycles. The van der Waals surface area contributed by atoms with Gasteiger partial charge in [0.25, 0.3) is 0 Å². The molecule has 7 heteroatoms. The summed E-state index contributed by atoms with van der Waals surface area (Å²) in [6, 6.07) is 17.5. The molecule has 0 bridgehead atoms. The van der Waals surface area contributed by atoms with Crippen LogP contribution in [0.1, 0.15) is 5.56 Å². The van der Waals surface area contributed by atoms with Gasteiger partial charge >= 0.3 is 0 Å². The Bertz CT molecular complexity index is 885. The number of aromatic nitrogens is 2. The summed E-state index contributed by atoms with van der Waals surface area (Å²) >= 11 is 5.91. The molecule has 1 aromatic heterocycles. The van der Waals surface area contributed by atoms with E-state index >= 15 is 0 Å². The Morgan fingerprint density at radius 2 is 1.85 bits per heavy atom. The van der Waals surface area contributed by atoms with Gasteiger partial charge in [0, 0.05) is 22.2 Å². The van der Waals surface area contributed by atoms with Gasteiger partial charge in [0.2, 0.25) is 11.8 Å². The summed E-state index contributed by atoms with van der Waals surface area (Å²) in [6.45, 7) is 0.475. The van der Waals surface area contributed by atoms with Crippen LogP contribution in [0.5, 0.6) is 5.88 Å². The van der Waals surface area contributed by atoms with Crippen molar-refractivity contribution < 1.29 is 13.9 Å². The van der Waals surface area contributed by atoms with E-state index in [9.17, 15) is 9.18 Å². The fraction of sp³-hybridized carbons (Fsp3) is 0.150. The summed E-state index contributed by atoms with van der Waals surface area (Å²) < 4.78 is 19.1. The highest BCUT2D eigenvalue weighted by Gasteiger charge is 2.11. The van der Waals surface area contributed by atoms with E-state index in [1.807, 2.05) is 36.4 Å². The summed E-state index contributed by atoms with van der Waals surface area (Å²) in [4.78, 5) is 11.9. The number of benzene rings is 2. The van der Waals surface area contributed by atoms with Gasteiger partial charge in [0.15, 0.2) is 0 Å². The smallest absolute Gasteiger partial charge is 0.233 e. The van der Waals surface area contributed by atoms with Gasteiger partial charge in [-0.1, -0.05) is 48.0 Å². The number of rotatable bonds is 7. The highest BCUT2D eigenvalue weighted by Crippen LogP contribution is 2.19. The van der Waals surface area contributed by atoms with Crippen LogP contribution in [0.25, 0.3) is 11.3 Å². The topological polar surface area (TPSA) is 64.1 Å². The van der Waals surface area contributed by atoms with Crippen molar-refractivity contribution in [3.63, 3.8) is 0 Å². The van der Waals surface area contributed by atoms with Crippen LogP contribution in [0.3, 0.4) is 0 Å². The quantitative estimate of drug-likeness (QED) is 0.630. The second-order valence-electron chi connectivity index (χ2n) is 5.70. The van der Waals surface area contributed by atoms with Gasteiger partial charge in [-0.25, -0.2) is 4.39 Å². The van der Waals surface area contributed by atoms with Crippen molar-refractivity contribution in [1.29, 1.82) is 0 Å². The molecule has 1 N–H and O–H groups in total. The van der Waals surface area contributed by atoms with Crippen molar-refractivity contribution in [2.75, 3.05) is 13.2 Å². The minimum Gasteiger partial charge on any atom is -0.475 e. The molecule has 1 heterocycles. The molecule has 0 radical (unpaired) electrons. The molecule has 0 aliphatic rings. The van der Waals surface area contributed by atoms with E-state index in [1.165, 1.54) is 12.1 Å². The van der Waals surface area contributed by atoms with Crippen LogP contribution in [0, 0.1) is 5.82 Å². The van der Waals surface area contributed by atoms with E-state index in [2.05, 4.69) is 15.5 Å². The molecule has 3 aromatic rings. The molecule has 0 saturated carbocycles. The van der Waals surface area contributed by atoms with Gasteiger partial charge < -0.3 is 10.1 Å². The van der Waals surface area contributed by atoms with Crippen molar-refractivity contribution in [2.24, 2.45) is 0 Å². The molecule has 0 atom stereocenters. The standard InChI is InChI=1S/C20H17ClFN3O2/c21-16-7-4-8-17(22)15(16)13-19(26)23-11-12-27-20-10-9-18(24-25-20)14-5-2-1-3-6-14/h1-10H,11-13H2,(H,23,26). The van der Waals surface area contributed by atoms with Crippen molar-refractivity contribution >= 4 is 17.5 Å². The van der Waals surface area contributed by atoms with Gasteiger partial charge in [0.1, 0.15) is 12.4 Å². The molecule has 0 unspecified atom stereocenters. The fourth-order valence-corrected chi connectivity index (χ4v) is 2.66. The minimum absolute atomic E-state index is 0.128. The summed E-state index contributed by atoms with van der Waals surface area (Å²) in [7, 11) is 0. The van der Waals surface area contributed by atoms with Crippen molar-refractivity contribution in [3.05, 3.63) is 77.1 Å². The summed E-state index contributed by atoms with van der Waals surface area (Å²) in [5.41, 5.74) is 1.90. The number of carbonyl (C=O) groups is 1. The fourth-order valence-electron chi connectivity index (χ4n) is 2.43. The Balaban J connectivity index is 1.44. The second-order valence-corrected chi connectivity index (χ2v) is 6.11. The van der Waals surface area contributed by atoms with E-state index in [-0.39, 0.29) is 36.1 Å². The number of nitrogens with one attached hydrogen (secondary N) is 1. The molecular formula is C20H17ClFN3O2. The normalized spacial score (nSPS) is 10.4. The largest absolute Gasteiger partial charge is 0.475 e. The van der Waals surface area contributed by atoms with Crippen LogP contribution in [0.4, 0.5) is 4.39 Å². The maximum Gasteiger partial charge on any atom is 0.233 e. The highest BCUT2D eigenvalue weighted by atomic mass is 35.5. The van der Waals surface area contributed by atoms with Crippen molar-refractivity contribution in [2.45, 2.75) is 6.42 Å². The average Bonchev–Trinajstić information content (AvgIpc) is 2.69. The van der Waals surface area contributed by atoms with Crippen LogP contribution < -0.4 is 10.1 Å². The van der Waals surface area contributed by atoms with E-state index < -0.39 is 5.82 Å². The lowest BCUT2D eigenvalue weighted by Crippen LogP contribution is -2.29. The summed E-state index contributed by atoms with van der Waals surface area (Å²) in [5, 5.41) is 11.0. The Morgan fingerprint density at radius 1 is 1.04 bits per heavy atom. The molecular weight excluding hydrogens is 369 g/mol. The molecule has 2 aromatic carbocycles. The maximum atomic E-state index is 13.7. The number of ether oxygens (including phenoxy) is 1.